The van der Waals surface area contributed by atoms with E-state index in [0.29, 0.717) is 0 Å². The minimum atomic E-state index is 0.287. The summed E-state index contributed by atoms with van der Waals surface area (Å²) in [5.41, 5.74) is 16.5. The number of anilines is 6. The van der Waals surface area contributed by atoms with E-state index in [1.165, 1.54) is 10.8 Å². The summed E-state index contributed by atoms with van der Waals surface area (Å²) in [5.74, 6) is 0. The molecule has 0 aliphatic carbocycles. The van der Waals surface area contributed by atoms with Crippen molar-refractivity contribution in [2.24, 2.45) is 0 Å². The molecule has 0 N–H and O–H groups in total. The zero-order valence-corrected chi connectivity index (χ0v) is 37.7. The number of aromatic nitrogens is 2. The maximum absolute atomic E-state index is 8.74. The van der Waals surface area contributed by atoms with Crippen LogP contribution in [-0.2, 0) is 0 Å². The molecule has 0 saturated carbocycles. The van der Waals surface area contributed by atoms with Gasteiger partial charge in [-0.15, -0.1) is 0 Å². The monoisotopic (exact) mass is 894 g/mol. The van der Waals surface area contributed by atoms with Gasteiger partial charge in [0, 0.05) is 77.0 Å². The van der Waals surface area contributed by atoms with Gasteiger partial charge in [0.05, 0.1) is 50.0 Å². The molecule has 0 fully saturated rings. The van der Waals surface area contributed by atoms with E-state index in [-0.39, 0.29) is 24.2 Å². The molecule has 0 spiro atoms. The third kappa shape index (κ3) is 5.36. The number of nitrogens with zero attached hydrogens (tertiary/aromatic N) is 4. The highest BCUT2D eigenvalue weighted by atomic mass is 15.2. The second-order valence-electron chi connectivity index (χ2n) is 18.1. The summed E-state index contributed by atoms with van der Waals surface area (Å²) in [5, 5.41) is 9.03. The summed E-state index contributed by atoms with van der Waals surface area (Å²) in [7, 11) is 0. The third-order valence-electron chi connectivity index (χ3n) is 14.4. The van der Waals surface area contributed by atoms with Gasteiger partial charge >= 0.3 is 0 Å². The number of fused-ring (bicyclic) bond motifs is 12. The SMILES string of the molecule is [2H]c1cc([2H])cc(N(c2ccccc2)c2cccc3c2c2cccc4c5c(-c6ccccc6)c6c(c(-c7ccccc7)c5n3c24)c2cccc3c4c(N(c5ccccc5)c5cc([2H])cc([2H])c5)cccc4n6c32)c1. The molecular weight excluding hydrogens is 849 g/mol. The van der Waals surface area contributed by atoms with E-state index in [2.05, 4.69) is 176 Å². The summed E-state index contributed by atoms with van der Waals surface area (Å²) in [6.45, 7) is 0. The molecule has 4 nitrogen and oxygen atoms in total. The van der Waals surface area contributed by atoms with E-state index in [9.17, 15) is 0 Å². The molecule has 0 aliphatic rings. The highest BCUT2D eigenvalue weighted by Crippen LogP contribution is 2.56. The zero-order valence-electron chi connectivity index (χ0n) is 41.7. The Morgan fingerprint density at radius 3 is 0.986 bits per heavy atom. The van der Waals surface area contributed by atoms with Crippen LogP contribution in [0.1, 0.15) is 5.48 Å². The van der Waals surface area contributed by atoms with Crippen molar-refractivity contribution >= 4 is 110 Å². The van der Waals surface area contributed by atoms with Gasteiger partial charge in [-0.2, -0.15) is 0 Å². The lowest BCUT2D eigenvalue weighted by Crippen LogP contribution is -2.10. The number of para-hydroxylation sites is 6. The van der Waals surface area contributed by atoms with Gasteiger partial charge in [-0.25, -0.2) is 0 Å². The Balaban J connectivity index is 1.14. The maximum Gasteiger partial charge on any atom is 0.0634 e. The third-order valence-corrected chi connectivity index (χ3v) is 14.4. The summed E-state index contributed by atoms with van der Waals surface area (Å²) >= 11 is 0. The quantitative estimate of drug-likeness (QED) is 0.151. The first kappa shape index (κ1) is 34.9. The lowest BCUT2D eigenvalue weighted by atomic mass is 9.89. The van der Waals surface area contributed by atoms with Crippen LogP contribution in [0.2, 0.25) is 0 Å². The van der Waals surface area contributed by atoms with Crippen molar-refractivity contribution in [1.82, 2.24) is 8.80 Å². The second kappa shape index (κ2) is 15.1. The molecule has 4 heteroatoms. The average molecular weight is 895 g/mol. The number of rotatable bonds is 8. The molecule has 326 valence electrons. The highest BCUT2D eigenvalue weighted by Gasteiger charge is 2.32. The largest absolute Gasteiger partial charge is 0.310 e. The van der Waals surface area contributed by atoms with Gasteiger partial charge in [-0.1, -0.05) is 182 Å². The Morgan fingerprint density at radius 2 is 0.600 bits per heavy atom. The van der Waals surface area contributed by atoms with Crippen molar-refractivity contribution in [2.75, 3.05) is 9.80 Å². The zero-order chi connectivity index (χ0) is 49.3. The molecule has 4 heterocycles. The lowest BCUT2D eigenvalue weighted by molar-refractivity contribution is 1.29. The van der Waals surface area contributed by atoms with Crippen molar-refractivity contribution in [2.45, 2.75) is 0 Å². The van der Waals surface area contributed by atoms with Crippen LogP contribution in [0.4, 0.5) is 34.1 Å². The normalized spacial score (nSPS) is 12.8. The lowest BCUT2D eigenvalue weighted by Gasteiger charge is -2.26. The Labute approximate surface area is 409 Å². The van der Waals surface area contributed by atoms with Gasteiger partial charge in [0.1, 0.15) is 0 Å². The minimum absolute atomic E-state index is 0.287. The van der Waals surface area contributed by atoms with Gasteiger partial charge in [-0.05, 0) is 83.9 Å². The molecule has 0 bridgehead atoms. The number of hydrogen-bond donors (Lipinski definition) is 0. The first-order valence-electron chi connectivity index (χ1n) is 25.8. The smallest absolute Gasteiger partial charge is 0.0634 e. The fourth-order valence-electron chi connectivity index (χ4n) is 11.9. The van der Waals surface area contributed by atoms with E-state index in [4.69, 9.17) is 5.48 Å². The molecule has 15 rings (SSSR count). The number of hydrogen-bond acceptors (Lipinski definition) is 2. The summed E-state index contributed by atoms with van der Waals surface area (Å²) in [6.07, 6.45) is 0. The van der Waals surface area contributed by atoms with Crippen LogP contribution in [-0.4, -0.2) is 8.80 Å². The number of benzene rings is 11. The molecule has 0 unspecified atom stereocenters. The molecule has 0 aliphatic heterocycles. The Kier molecular flexibility index (Phi) is 7.50. The molecule has 11 aromatic carbocycles. The average Bonchev–Trinajstić information content (AvgIpc) is 4.16. The van der Waals surface area contributed by atoms with E-state index in [0.717, 1.165) is 122 Å². The fourth-order valence-corrected chi connectivity index (χ4v) is 11.9. The van der Waals surface area contributed by atoms with Crippen LogP contribution < -0.4 is 9.80 Å². The topological polar surface area (TPSA) is 15.3 Å². The van der Waals surface area contributed by atoms with Gasteiger partial charge in [-0.3, -0.25) is 0 Å². The van der Waals surface area contributed by atoms with E-state index in [1.54, 1.807) is 12.1 Å². The maximum atomic E-state index is 8.74. The van der Waals surface area contributed by atoms with Crippen LogP contribution in [0.5, 0.6) is 0 Å². The standard InChI is InChI=1S/C66H42N4/c1-7-23-43(24-8-1)57-61-51-37-19-35-49-60-54(68(47-31-15-5-16-32-47)48-33-17-6-18-34-48)40-22-42-56(60)70(63(49)51)66(61)58(44-25-9-2-10-26-44)62-52-38-20-36-50-59-53(39-21-41-55(59)69(64(50)52)65(57)62)67(45-27-11-3-12-28-45)46-29-13-4-14-30-46/h1-42H/i11D,12D,15D,16D. The minimum Gasteiger partial charge on any atom is -0.310 e. The molecule has 4 aromatic heterocycles. The molecular formula is C66H42N4. The van der Waals surface area contributed by atoms with Crippen LogP contribution >= 0.6 is 0 Å². The van der Waals surface area contributed by atoms with Crippen LogP contribution in [0, 0.1) is 0 Å². The van der Waals surface area contributed by atoms with Gasteiger partial charge in [0.2, 0.25) is 0 Å². The summed E-state index contributed by atoms with van der Waals surface area (Å²) < 4.78 is 40.0. The van der Waals surface area contributed by atoms with Crippen LogP contribution in [0.25, 0.3) is 98.4 Å². The fraction of sp³-hybridized carbons (Fsp3) is 0. The molecule has 0 atom stereocenters. The Hall–Kier alpha value is -9.38. The van der Waals surface area contributed by atoms with Crippen LogP contribution in [0.15, 0.2) is 255 Å². The molecule has 0 amide bonds. The predicted molar refractivity (Wildman–Crippen MR) is 296 cm³/mol. The second-order valence-corrected chi connectivity index (χ2v) is 18.1. The molecule has 70 heavy (non-hydrogen) atoms. The highest BCUT2D eigenvalue weighted by molar-refractivity contribution is 6.39. The van der Waals surface area contributed by atoms with Crippen molar-refractivity contribution in [3.8, 4) is 22.3 Å². The predicted octanol–water partition coefficient (Wildman–Crippen LogP) is 18.3. The van der Waals surface area contributed by atoms with Gasteiger partial charge in [0.25, 0.3) is 0 Å². The summed E-state index contributed by atoms with van der Waals surface area (Å²) in [4.78, 5) is 4.41. The molecule has 0 radical (unpaired) electrons. The van der Waals surface area contributed by atoms with E-state index < -0.39 is 0 Å². The van der Waals surface area contributed by atoms with Crippen molar-refractivity contribution < 1.29 is 5.48 Å². The summed E-state index contributed by atoms with van der Waals surface area (Å²) in [6, 6.07) is 80.7. The first-order valence-corrected chi connectivity index (χ1v) is 23.8. The van der Waals surface area contributed by atoms with Crippen molar-refractivity contribution in [3.05, 3.63) is 255 Å². The van der Waals surface area contributed by atoms with Crippen molar-refractivity contribution in [3.63, 3.8) is 0 Å². The first-order chi connectivity index (χ1) is 36.4. The van der Waals surface area contributed by atoms with Gasteiger partial charge < -0.3 is 18.6 Å². The van der Waals surface area contributed by atoms with Crippen molar-refractivity contribution in [1.29, 1.82) is 0 Å². The van der Waals surface area contributed by atoms with E-state index in [1.807, 2.05) is 60.7 Å². The van der Waals surface area contributed by atoms with Crippen LogP contribution in [0.3, 0.4) is 0 Å². The van der Waals surface area contributed by atoms with E-state index >= 15 is 0 Å². The Bertz CT molecular complexity index is 4360. The molecule has 0 saturated heterocycles. The Morgan fingerprint density at radius 1 is 0.271 bits per heavy atom. The molecule has 15 aromatic rings. The van der Waals surface area contributed by atoms with Gasteiger partial charge in [0.15, 0.2) is 0 Å².